The highest BCUT2D eigenvalue weighted by Crippen LogP contribution is 2.36. The van der Waals surface area contributed by atoms with Crippen LogP contribution in [-0.2, 0) is 19.1 Å². The van der Waals surface area contributed by atoms with E-state index in [1.165, 1.54) is 12.1 Å². The maximum Gasteiger partial charge on any atom is 0.417 e. The second-order valence-corrected chi connectivity index (χ2v) is 4.89. The summed E-state index contributed by atoms with van der Waals surface area (Å²) >= 11 is 0. The fraction of sp³-hybridized carbons (Fsp3) is 0.385. The van der Waals surface area contributed by atoms with Crippen LogP contribution in [-0.4, -0.2) is 20.8 Å². The first-order chi connectivity index (χ1) is 9.47. The molecule has 1 atom stereocenters. The molecular weight excluding hydrogens is 269 g/mol. The first kappa shape index (κ1) is 13.1. The van der Waals surface area contributed by atoms with Crippen LogP contribution in [0, 0.1) is 0 Å². The van der Waals surface area contributed by atoms with E-state index in [1.807, 2.05) is 0 Å². The number of hydrogen-bond donors (Lipinski definition) is 1. The van der Waals surface area contributed by atoms with Crippen LogP contribution in [0.15, 0.2) is 24.3 Å². The van der Waals surface area contributed by atoms with Crippen molar-refractivity contribution in [3.63, 3.8) is 0 Å². The van der Waals surface area contributed by atoms with Crippen LogP contribution in [0.4, 0.5) is 13.2 Å². The third-order valence-electron chi connectivity index (χ3n) is 3.46. The molecule has 2 heterocycles. The molecule has 4 nitrogen and oxygen atoms in total. The Kier molecular flexibility index (Phi) is 3.01. The number of hydrogen-bond acceptors (Lipinski definition) is 3. The van der Waals surface area contributed by atoms with Gasteiger partial charge in [0.25, 0.3) is 0 Å². The second-order valence-electron chi connectivity index (χ2n) is 4.89. The number of halogens is 3. The van der Waals surface area contributed by atoms with Gasteiger partial charge in [0.2, 0.25) is 0 Å². The van der Waals surface area contributed by atoms with E-state index in [4.69, 9.17) is 5.73 Å². The molecule has 0 bridgehead atoms. The fourth-order valence-electron chi connectivity index (χ4n) is 2.48. The normalized spacial score (nSPS) is 18.9. The van der Waals surface area contributed by atoms with E-state index >= 15 is 0 Å². The summed E-state index contributed by atoms with van der Waals surface area (Å²) in [6.07, 6.45) is -3.00. The van der Waals surface area contributed by atoms with Gasteiger partial charge in [-0.2, -0.15) is 13.2 Å². The van der Waals surface area contributed by atoms with Gasteiger partial charge in [-0.25, -0.2) is 0 Å². The van der Waals surface area contributed by atoms with Crippen LogP contribution in [0.3, 0.4) is 0 Å². The van der Waals surface area contributed by atoms with E-state index in [0.717, 1.165) is 12.5 Å². The smallest absolute Gasteiger partial charge is 0.326 e. The van der Waals surface area contributed by atoms with Crippen LogP contribution in [0.5, 0.6) is 0 Å². The topological polar surface area (TPSA) is 56.7 Å². The molecule has 106 valence electrons. The minimum atomic E-state index is -4.42. The van der Waals surface area contributed by atoms with Gasteiger partial charge >= 0.3 is 6.18 Å². The monoisotopic (exact) mass is 282 g/mol. The third-order valence-corrected chi connectivity index (χ3v) is 3.46. The molecule has 1 aromatic heterocycles. The van der Waals surface area contributed by atoms with Crippen molar-refractivity contribution in [2.45, 2.75) is 31.6 Å². The van der Waals surface area contributed by atoms with E-state index in [0.29, 0.717) is 18.8 Å². The average Bonchev–Trinajstić information content (AvgIpc) is 2.80. The Morgan fingerprint density at radius 2 is 1.95 bits per heavy atom. The van der Waals surface area contributed by atoms with Gasteiger partial charge in [0.15, 0.2) is 5.82 Å². The van der Waals surface area contributed by atoms with E-state index in [1.54, 1.807) is 10.6 Å². The molecule has 2 aromatic rings. The Hall–Kier alpha value is -1.89. The summed E-state index contributed by atoms with van der Waals surface area (Å²) in [6.45, 7) is 0.448. The predicted octanol–water partition coefficient (Wildman–Crippen LogP) is 2.24. The molecule has 1 aromatic carbocycles. The van der Waals surface area contributed by atoms with Crippen molar-refractivity contribution in [1.82, 2.24) is 14.8 Å². The largest absolute Gasteiger partial charge is 0.417 e. The number of alkyl halides is 3. The number of aromatic nitrogens is 3. The summed E-state index contributed by atoms with van der Waals surface area (Å²) in [5.74, 6) is 0.932. The van der Waals surface area contributed by atoms with E-state index < -0.39 is 11.7 Å². The Morgan fingerprint density at radius 1 is 1.20 bits per heavy atom. The Labute approximate surface area is 113 Å². The van der Waals surface area contributed by atoms with Crippen molar-refractivity contribution in [1.29, 1.82) is 0 Å². The number of fused-ring (bicyclic) bond motifs is 1. The van der Waals surface area contributed by atoms with Gasteiger partial charge < -0.3 is 10.3 Å². The maximum absolute atomic E-state index is 13.1. The Balaban J connectivity index is 2.14. The van der Waals surface area contributed by atoms with Crippen molar-refractivity contribution >= 4 is 0 Å². The zero-order chi connectivity index (χ0) is 14.3. The number of rotatable bonds is 1. The van der Waals surface area contributed by atoms with E-state index in [9.17, 15) is 13.2 Å². The molecule has 0 saturated carbocycles. The van der Waals surface area contributed by atoms with Crippen molar-refractivity contribution in [3.05, 3.63) is 35.7 Å². The standard InChI is InChI=1S/C13H13F3N4/c14-13(15,16)10-4-2-1-3-9(10)12-19-18-11-6-5-8(17)7-20(11)12/h1-4,8H,5-7,17H2. The Bertz CT molecular complexity index is 633. The molecule has 0 saturated heterocycles. The molecule has 20 heavy (non-hydrogen) atoms. The highest BCUT2D eigenvalue weighted by atomic mass is 19.4. The highest BCUT2D eigenvalue weighted by Gasteiger charge is 2.35. The summed E-state index contributed by atoms with van der Waals surface area (Å²) in [5, 5.41) is 7.91. The lowest BCUT2D eigenvalue weighted by molar-refractivity contribution is -0.137. The second kappa shape index (κ2) is 4.59. The van der Waals surface area contributed by atoms with Gasteiger partial charge in [-0.05, 0) is 12.5 Å². The molecule has 1 aliphatic heterocycles. The van der Waals surface area contributed by atoms with Crippen LogP contribution in [0.25, 0.3) is 11.4 Å². The molecule has 0 spiro atoms. The van der Waals surface area contributed by atoms with Crippen molar-refractivity contribution in [2.24, 2.45) is 5.73 Å². The minimum absolute atomic E-state index is 0.0489. The van der Waals surface area contributed by atoms with Crippen LogP contribution < -0.4 is 5.73 Å². The average molecular weight is 282 g/mol. The molecule has 2 N–H and O–H groups in total. The van der Waals surface area contributed by atoms with Crippen molar-refractivity contribution in [2.75, 3.05) is 0 Å². The zero-order valence-corrected chi connectivity index (χ0v) is 10.6. The SMILES string of the molecule is NC1CCc2nnc(-c3ccccc3C(F)(F)F)n2C1. The zero-order valence-electron chi connectivity index (χ0n) is 10.6. The summed E-state index contributed by atoms with van der Waals surface area (Å²) in [6, 6.07) is 5.33. The van der Waals surface area contributed by atoms with E-state index in [2.05, 4.69) is 10.2 Å². The number of nitrogens with two attached hydrogens (primary N) is 1. The third kappa shape index (κ3) is 2.18. The van der Waals surface area contributed by atoms with Gasteiger partial charge in [-0.3, -0.25) is 0 Å². The fourth-order valence-corrected chi connectivity index (χ4v) is 2.48. The van der Waals surface area contributed by atoms with Gasteiger partial charge in [-0.1, -0.05) is 18.2 Å². The lowest BCUT2D eigenvalue weighted by atomic mass is 10.0. The molecule has 0 amide bonds. The van der Waals surface area contributed by atoms with Gasteiger partial charge in [0.1, 0.15) is 5.82 Å². The van der Waals surface area contributed by atoms with Crippen molar-refractivity contribution < 1.29 is 13.2 Å². The first-order valence-electron chi connectivity index (χ1n) is 6.31. The van der Waals surface area contributed by atoms with Crippen LogP contribution >= 0.6 is 0 Å². The first-order valence-corrected chi connectivity index (χ1v) is 6.31. The molecule has 1 unspecified atom stereocenters. The molecule has 0 radical (unpaired) electrons. The van der Waals surface area contributed by atoms with Crippen LogP contribution in [0.1, 0.15) is 17.8 Å². The maximum atomic E-state index is 13.1. The Morgan fingerprint density at radius 3 is 2.70 bits per heavy atom. The molecule has 1 aliphatic rings. The van der Waals surface area contributed by atoms with Crippen LogP contribution in [0.2, 0.25) is 0 Å². The molecule has 0 fully saturated rings. The number of nitrogens with zero attached hydrogens (tertiary/aromatic N) is 3. The molecule has 0 aliphatic carbocycles. The summed E-state index contributed by atoms with van der Waals surface area (Å²) in [5.41, 5.74) is 5.23. The van der Waals surface area contributed by atoms with Gasteiger partial charge in [-0.15, -0.1) is 10.2 Å². The van der Waals surface area contributed by atoms with E-state index in [-0.39, 0.29) is 17.4 Å². The lowest BCUT2D eigenvalue weighted by Crippen LogP contribution is -2.32. The van der Waals surface area contributed by atoms with Gasteiger partial charge in [0.05, 0.1) is 5.56 Å². The molecule has 7 heteroatoms. The number of aryl methyl sites for hydroxylation is 1. The summed E-state index contributed by atoms with van der Waals surface area (Å²) in [4.78, 5) is 0. The predicted molar refractivity (Wildman–Crippen MR) is 66.8 cm³/mol. The molecular formula is C13H13F3N4. The number of benzene rings is 1. The minimum Gasteiger partial charge on any atom is -0.326 e. The van der Waals surface area contributed by atoms with Crippen molar-refractivity contribution in [3.8, 4) is 11.4 Å². The highest BCUT2D eigenvalue weighted by molar-refractivity contribution is 5.61. The quantitative estimate of drug-likeness (QED) is 0.872. The lowest BCUT2D eigenvalue weighted by Gasteiger charge is -2.21. The molecule has 3 rings (SSSR count). The van der Waals surface area contributed by atoms with Gasteiger partial charge in [0, 0.05) is 24.6 Å². The summed E-state index contributed by atoms with van der Waals surface area (Å²) in [7, 11) is 0. The summed E-state index contributed by atoms with van der Waals surface area (Å²) < 4.78 is 40.9.